The fraction of sp³-hybridized carbons (Fsp3) is 0.538. The van der Waals surface area contributed by atoms with E-state index in [1.807, 2.05) is 18.6 Å². The predicted molar refractivity (Wildman–Crippen MR) is 72.1 cm³/mol. The van der Waals surface area contributed by atoms with Gasteiger partial charge in [-0.05, 0) is 24.5 Å². The molecular formula is C13H18F3NO3S. The highest BCUT2D eigenvalue weighted by Gasteiger charge is 2.36. The molecule has 2 N–H and O–H groups in total. The van der Waals surface area contributed by atoms with Crippen molar-refractivity contribution >= 4 is 10.0 Å². The molecule has 1 unspecified atom stereocenters. The number of aliphatic hydroxyl groups excluding tert-OH is 1. The van der Waals surface area contributed by atoms with Gasteiger partial charge >= 0.3 is 6.18 Å². The smallest absolute Gasteiger partial charge is 0.392 e. The van der Waals surface area contributed by atoms with Crippen LogP contribution in [0.1, 0.15) is 25.8 Å². The zero-order chi connectivity index (χ0) is 16.3. The summed E-state index contributed by atoms with van der Waals surface area (Å²) >= 11 is 0. The van der Waals surface area contributed by atoms with Crippen molar-refractivity contribution in [2.45, 2.75) is 37.4 Å². The summed E-state index contributed by atoms with van der Waals surface area (Å²) in [6.07, 6.45) is -5.36. The van der Waals surface area contributed by atoms with Crippen molar-refractivity contribution in [3.05, 3.63) is 29.8 Å². The number of alkyl halides is 3. The maximum atomic E-state index is 12.8. The lowest BCUT2D eigenvalue weighted by molar-refractivity contribution is -0.139. The van der Waals surface area contributed by atoms with Gasteiger partial charge in [-0.3, -0.25) is 0 Å². The fourth-order valence-corrected chi connectivity index (χ4v) is 3.14. The van der Waals surface area contributed by atoms with Gasteiger partial charge in [0.05, 0.1) is 16.6 Å². The first-order valence-electron chi connectivity index (χ1n) is 6.38. The summed E-state index contributed by atoms with van der Waals surface area (Å²) in [7, 11) is -4.33. The van der Waals surface area contributed by atoms with Crippen LogP contribution >= 0.6 is 0 Å². The van der Waals surface area contributed by atoms with Crippen molar-refractivity contribution in [1.82, 2.24) is 4.72 Å². The van der Waals surface area contributed by atoms with E-state index in [0.717, 1.165) is 12.1 Å². The SMILES string of the molecule is CC(C)CC(O)CNS(=O)(=O)c1ccccc1C(F)(F)F. The zero-order valence-corrected chi connectivity index (χ0v) is 12.5. The van der Waals surface area contributed by atoms with Gasteiger partial charge in [-0.15, -0.1) is 0 Å². The molecule has 0 aliphatic heterocycles. The minimum Gasteiger partial charge on any atom is -0.392 e. The topological polar surface area (TPSA) is 66.4 Å². The highest BCUT2D eigenvalue weighted by molar-refractivity contribution is 7.89. The van der Waals surface area contributed by atoms with Gasteiger partial charge < -0.3 is 5.11 Å². The van der Waals surface area contributed by atoms with Gasteiger partial charge in [-0.2, -0.15) is 13.2 Å². The zero-order valence-electron chi connectivity index (χ0n) is 11.7. The Morgan fingerprint density at radius 2 is 1.81 bits per heavy atom. The van der Waals surface area contributed by atoms with E-state index in [1.54, 1.807) is 0 Å². The minimum atomic E-state index is -4.76. The van der Waals surface area contributed by atoms with Gasteiger partial charge in [0.15, 0.2) is 0 Å². The molecule has 1 atom stereocenters. The average molecular weight is 325 g/mol. The van der Waals surface area contributed by atoms with Crippen LogP contribution in [0.5, 0.6) is 0 Å². The molecule has 0 bridgehead atoms. The lowest BCUT2D eigenvalue weighted by Crippen LogP contribution is -2.33. The third kappa shape index (κ3) is 5.29. The van der Waals surface area contributed by atoms with Crippen LogP contribution in [0.4, 0.5) is 13.2 Å². The lowest BCUT2D eigenvalue weighted by atomic mass is 10.1. The second-order valence-electron chi connectivity index (χ2n) is 5.13. The molecule has 1 aromatic carbocycles. The number of benzene rings is 1. The van der Waals surface area contributed by atoms with Gasteiger partial charge in [0.2, 0.25) is 10.0 Å². The molecule has 0 aliphatic carbocycles. The first-order chi connectivity index (χ1) is 9.54. The number of hydrogen-bond donors (Lipinski definition) is 2. The van der Waals surface area contributed by atoms with E-state index in [4.69, 9.17) is 0 Å². The number of nitrogens with one attached hydrogen (secondary N) is 1. The lowest BCUT2D eigenvalue weighted by Gasteiger charge is -2.16. The highest BCUT2D eigenvalue weighted by atomic mass is 32.2. The Morgan fingerprint density at radius 1 is 1.24 bits per heavy atom. The van der Waals surface area contributed by atoms with Crippen LogP contribution in [0, 0.1) is 5.92 Å². The molecule has 0 radical (unpaired) electrons. The van der Waals surface area contributed by atoms with E-state index in [0.29, 0.717) is 12.5 Å². The molecule has 4 nitrogen and oxygen atoms in total. The molecule has 1 aromatic rings. The number of halogens is 3. The quantitative estimate of drug-likeness (QED) is 0.844. The summed E-state index contributed by atoms with van der Waals surface area (Å²) in [5.41, 5.74) is -1.23. The maximum absolute atomic E-state index is 12.8. The van der Waals surface area contributed by atoms with Crippen molar-refractivity contribution in [3.8, 4) is 0 Å². The van der Waals surface area contributed by atoms with E-state index in [1.165, 1.54) is 6.07 Å². The number of rotatable bonds is 6. The molecule has 0 fully saturated rings. The van der Waals surface area contributed by atoms with Crippen LogP contribution in [-0.2, 0) is 16.2 Å². The summed E-state index contributed by atoms with van der Waals surface area (Å²) in [6, 6.07) is 3.93. The fourth-order valence-electron chi connectivity index (χ4n) is 1.85. The van der Waals surface area contributed by atoms with Crippen LogP contribution in [0.15, 0.2) is 29.2 Å². The van der Waals surface area contributed by atoms with E-state index < -0.39 is 32.8 Å². The van der Waals surface area contributed by atoms with Gasteiger partial charge in [0, 0.05) is 6.54 Å². The second-order valence-corrected chi connectivity index (χ2v) is 6.86. The molecule has 0 saturated heterocycles. The normalized spacial score (nSPS) is 14.4. The average Bonchev–Trinajstić information content (AvgIpc) is 2.35. The van der Waals surface area contributed by atoms with Crippen LogP contribution < -0.4 is 4.72 Å². The summed E-state index contributed by atoms with van der Waals surface area (Å²) in [5.74, 6) is 0.145. The largest absolute Gasteiger partial charge is 0.417 e. The van der Waals surface area contributed by atoms with Crippen molar-refractivity contribution in [2.24, 2.45) is 5.92 Å². The van der Waals surface area contributed by atoms with Crippen LogP contribution in [0.2, 0.25) is 0 Å². The van der Waals surface area contributed by atoms with Crippen LogP contribution in [0.25, 0.3) is 0 Å². The van der Waals surface area contributed by atoms with E-state index in [9.17, 15) is 26.7 Å². The van der Waals surface area contributed by atoms with Gasteiger partial charge in [-0.25, -0.2) is 13.1 Å². The van der Waals surface area contributed by atoms with E-state index >= 15 is 0 Å². The van der Waals surface area contributed by atoms with E-state index in [2.05, 4.69) is 0 Å². The monoisotopic (exact) mass is 325 g/mol. The molecule has 0 aliphatic rings. The minimum absolute atomic E-state index is 0.145. The first-order valence-corrected chi connectivity index (χ1v) is 7.86. The van der Waals surface area contributed by atoms with Crippen LogP contribution in [-0.4, -0.2) is 26.2 Å². The Balaban J connectivity index is 2.94. The summed E-state index contributed by atoms with van der Waals surface area (Å²) < 4.78 is 64.4. The van der Waals surface area contributed by atoms with E-state index in [-0.39, 0.29) is 12.5 Å². The molecule has 0 amide bonds. The molecule has 0 saturated carbocycles. The number of sulfonamides is 1. The highest BCUT2D eigenvalue weighted by Crippen LogP contribution is 2.33. The van der Waals surface area contributed by atoms with Gasteiger partial charge in [0.25, 0.3) is 0 Å². The Bertz CT molecular complexity index is 570. The number of aliphatic hydroxyl groups is 1. The van der Waals surface area contributed by atoms with Crippen molar-refractivity contribution in [3.63, 3.8) is 0 Å². The maximum Gasteiger partial charge on any atom is 0.417 e. The Hall–Kier alpha value is -1.12. The summed E-state index contributed by atoms with van der Waals surface area (Å²) in [4.78, 5) is -0.839. The molecular weight excluding hydrogens is 307 g/mol. The Kier molecular flexibility index (Phi) is 5.77. The summed E-state index contributed by atoms with van der Waals surface area (Å²) in [6.45, 7) is 3.36. The van der Waals surface area contributed by atoms with Crippen molar-refractivity contribution in [1.29, 1.82) is 0 Å². The molecule has 1 rings (SSSR count). The van der Waals surface area contributed by atoms with Crippen molar-refractivity contribution in [2.75, 3.05) is 6.54 Å². The first kappa shape index (κ1) is 17.9. The molecule has 0 aromatic heterocycles. The van der Waals surface area contributed by atoms with Gasteiger partial charge in [0.1, 0.15) is 0 Å². The molecule has 21 heavy (non-hydrogen) atoms. The van der Waals surface area contributed by atoms with Gasteiger partial charge in [-0.1, -0.05) is 26.0 Å². The Morgan fingerprint density at radius 3 is 2.33 bits per heavy atom. The molecule has 0 heterocycles. The van der Waals surface area contributed by atoms with Crippen LogP contribution in [0.3, 0.4) is 0 Å². The third-order valence-corrected chi connectivity index (χ3v) is 4.22. The second kappa shape index (κ2) is 6.76. The standard InChI is InChI=1S/C13H18F3NO3S/c1-9(2)7-10(18)8-17-21(19,20)12-6-4-3-5-11(12)13(14,15)16/h3-6,9-10,17-18H,7-8H2,1-2H3. The molecule has 0 spiro atoms. The predicted octanol–water partition coefficient (Wildman–Crippen LogP) is 2.39. The summed E-state index contributed by atoms with van der Waals surface area (Å²) in [5, 5.41) is 9.61. The Labute approximate surface area is 122 Å². The molecule has 120 valence electrons. The van der Waals surface area contributed by atoms with Crippen molar-refractivity contribution < 1.29 is 26.7 Å². The third-order valence-electron chi connectivity index (χ3n) is 2.73. The number of hydrogen-bond acceptors (Lipinski definition) is 3. The molecule has 8 heteroatoms.